The van der Waals surface area contributed by atoms with E-state index in [1.54, 1.807) is 0 Å². The van der Waals surface area contributed by atoms with Crippen molar-refractivity contribution in [2.75, 3.05) is 6.54 Å². The van der Waals surface area contributed by atoms with E-state index in [2.05, 4.69) is 0 Å². The van der Waals surface area contributed by atoms with Gasteiger partial charge in [-0.2, -0.15) is 0 Å². The zero-order valence-electron chi connectivity index (χ0n) is 9.02. The average molecular weight is 260 g/mol. The molecule has 2 rings (SSSR count). The molecule has 1 saturated carbocycles. The lowest BCUT2D eigenvalue weighted by atomic mass is 10.1. The van der Waals surface area contributed by atoms with Gasteiger partial charge in [-0.25, -0.2) is 0 Å². The molecule has 0 aliphatic heterocycles. The van der Waals surface area contributed by atoms with E-state index in [0.29, 0.717) is 6.04 Å². The van der Waals surface area contributed by atoms with Gasteiger partial charge in [-0.1, -0.05) is 11.6 Å². The first-order valence-corrected chi connectivity index (χ1v) is 6.55. The SMILES string of the molecule is CC(c1csc(Cl)c1)N(CC(=O)O)C1CC1. The van der Waals surface area contributed by atoms with Crippen molar-refractivity contribution in [3.63, 3.8) is 0 Å². The van der Waals surface area contributed by atoms with E-state index < -0.39 is 5.97 Å². The molecule has 0 amide bonds. The molecule has 1 aliphatic rings. The van der Waals surface area contributed by atoms with Crippen molar-refractivity contribution in [2.24, 2.45) is 0 Å². The van der Waals surface area contributed by atoms with Crippen LogP contribution in [-0.2, 0) is 4.79 Å². The van der Waals surface area contributed by atoms with Gasteiger partial charge in [-0.05, 0) is 36.8 Å². The molecule has 0 spiro atoms. The average Bonchev–Trinajstić information content (AvgIpc) is 2.96. The summed E-state index contributed by atoms with van der Waals surface area (Å²) in [6.45, 7) is 2.15. The van der Waals surface area contributed by atoms with Crippen LogP contribution in [0, 0.1) is 0 Å². The maximum atomic E-state index is 10.8. The summed E-state index contributed by atoms with van der Waals surface area (Å²) in [7, 11) is 0. The Morgan fingerprint density at radius 1 is 1.75 bits per heavy atom. The van der Waals surface area contributed by atoms with Crippen LogP contribution in [0.1, 0.15) is 31.4 Å². The molecule has 1 fully saturated rings. The third-order valence-corrected chi connectivity index (χ3v) is 4.01. The maximum absolute atomic E-state index is 10.8. The van der Waals surface area contributed by atoms with Crippen molar-refractivity contribution < 1.29 is 9.90 Å². The summed E-state index contributed by atoms with van der Waals surface area (Å²) in [5.41, 5.74) is 1.11. The van der Waals surface area contributed by atoms with Gasteiger partial charge in [0.05, 0.1) is 10.9 Å². The summed E-state index contributed by atoms with van der Waals surface area (Å²) in [5.74, 6) is -0.764. The summed E-state index contributed by atoms with van der Waals surface area (Å²) >= 11 is 7.39. The molecule has 16 heavy (non-hydrogen) atoms. The summed E-state index contributed by atoms with van der Waals surface area (Å²) in [4.78, 5) is 12.9. The fraction of sp³-hybridized carbons (Fsp3) is 0.545. The molecule has 1 heterocycles. The number of thiophene rings is 1. The van der Waals surface area contributed by atoms with E-state index in [9.17, 15) is 4.79 Å². The van der Waals surface area contributed by atoms with Crippen LogP contribution >= 0.6 is 22.9 Å². The number of hydrogen-bond donors (Lipinski definition) is 1. The molecule has 88 valence electrons. The Hall–Kier alpha value is -0.580. The number of hydrogen-bond acceptors (Lipinski definition) is 3. The molecule has 1 atom stereocenters. The molecule has 1 unspecified atom stereocenters. The van der Waals surface area contributed by atoms with E-state index in [1.165, 1.54) is 11.3 Å². The number of halogens is 1. The third-order valence-electron chi connectivity index (χ3n) is 2.90. The Morgan fingerprint density at radius 2 is 2.44 bits per heavy atom. The second kappa shape index (κ2) is 4.73. The Kier molecular flexibility index (Phi) is 3.52. The molecule has 5 heteroatoms. The van der Waals surface area contributed by atoms with Gasteiger partial charge in [-0.15, -0.1) is 11.3 Å². The largest absolute Gasteiger partial charge is 0.480 e. The second-order valence-electron chi connectivity index (χ2n) is 4.16. The Balaban J connectivity index is 2.10. The third kappa shape index (κ3) is 2.75. The molecule has 3 nitrogen and oxygen atoms in total. The van der Waals surface area contributed by atoms with Gasteiger partial charge < -0.3 is 5.11 Å². The molecule has 1 N–H and O–H groups in total. The Morgan fingerprint density at radius 3 is 2.88 bits per heavy atom. The van der Waals surface area contributed by atoms with Crippen molar-refractivity contribution >= 4 is 28.9 Å². The number of aliphatic carboxylic acids is 1. The lowest BCUT2D eigenvalue weighted by Crippen LogP contribution is -2.34. The highest BCUT2D eigenvalue weighted by Crippen LogP contribution is 2.36. The first-order valence-electron chi connectivity index (χ1n) is 5.29. The molecule has 0 aromatic carbocycles. The van der Waals surface area contributed by atoms with Gasteiger partial charge in [0.25, 0.3) is 0 Å². The van der Waals surface area contributed by atoms with Gasteiger partial charge in [-0.3, -0.25) is 9.69 Å². The Labute approximate surface area is 104 Å². The highest BCUT2D eigenvalue weighted by atomic mass is 35.5. The molecule has 1 aromatic heterocycles. The van der Waals surface area contributed by atoms with Crippen molar-refractivity contribution in [2.45, 2.75) is 31.8 Å². The van der Waals surface area contributed by atoms with Crippen molar-refractivity contribution in [3.8, 4) is 0 Å². The van der Waals surface area contributed by atoms with Crippen LogP contribution < -0.4 is 0 Å². The highest BCUT2D eigenvalue weighted by molar-refractivity contribution is 7.14. The van der Waals surface area contributed by atoms with Crippen LogP contribution in [0.25, 0.3) is 0 Å². The number of carbonyl (C=O) groups is 1. The summed E-state index contributed by atoms with van der Waals surface area (Å²) in [6.07, 6.45) is 2.21. The lowest BCUT2D eigenvalue weighted by Gasteiger charge is -2.26. The molecular formula is C11H14ClNO2S. The van der Waals surface area contributed by atoms with Crippen LogP contribution in [0.15, 0.2) is 11.4 Å². The number of carboxylic acids is 1. The highest BCUT2D eigenvalue weighted by Gasteiger charge is 2.34. The fourth-order valence-corrected chi connectivity index (χ4v) is 2.86. The zero-order valence-corrected chi connectivity index (χ0v) is 10.6. The molecule has 0 saturated heterocycles. The first-order chi connectivity index (χ1) is 7.58. The van der Waals surface area contributed by atoms with E-state index >= 15 is 0 Å². The predicted octanol–water partition coefficient (Wildman–Crippen LogP) is 3.01. The quantitative estimate of drug-likeness (QED) is 0.884. The number of nitrogens with zero attached hydrogens (tertiary/aromatic N) is 1. The van der Waals surface area contributed by atoms with Crippen molar-refractivity contribution in [1.29, 1.82) is 0 Å². The zero-order chi connectivity index (χ0) is 11.7. The van der Waals surface area contributed by atoms with Crippen LogP contribution in [0.2, 0.25) is 4.34 Å². The number of carboxylic acid groups (broad SMARTS) is 1. The van der Waals surface area contributed by atoms with Crippen LogP contribution in [0.5, 0.6) is 0 Å². The first kappa shape index (κ1) is 11.9. The summed E-state index contributed by atoms with van der Waals surface area (Å²) < 4.78 is 0.757. The predicted molar refractivity (Wildman–Crippen MR) is 65.1 cm³/mol. The topological polar surface area (TPSA) is 40.5 Å². The minimum atomic E-state index is -0.764. The summed E-state index contributed by atoms with van der Waals surface area (Å²) in [6, 6.07) is 2.49. The molecule has 1 aromatic rings. The second-order valence-corrected chi connectivity index (χ2v) is 5.70. The normalized spacial score (nSPS) is 17.7. The molecule has 0 bridgehead atoms. The van der Waals surface area contributed by atoms with Gasteiger partial charge in [0.1, 0.15) is 0 Å². The summed E-state index contributed by atoms with van der Waals surface area (Å²) in [5, 5.41) is 10.9. The van der Waals surface area contributed by atoms with Crippen LogP contribution in [0.3, 0.4) is 0 Å². The van der Waals surface area contributed by atoms with Gasteiger partial charge in [0, 0.05) is 12.1 Å². The van der Waals surface area contributed by atoms with Crippen molar-refractivity contribution in [3.05, 3.63) is 21.3 Å². The van der Waals surface area contributed by atoms with Crippen LogP contribution in [-0.4, -0.2) is 28.6 Å². The molecular weight excluding hydrogens is 246 g/mol. The number of rotatable bonds is 5. The van der Waals surface area contributed by atoms with E-state index in [1.807, 2.05) is 23.3 Å². The monoisotopic (exact) mass is 259 g/mol. The smallest absolute Gasteiger partial charge is 0.317 e. The van der Waals surface area contributed by atoms with Gasteiger partial charge in [0.2, 0.25) is 0 Å². The molecule has 1 aliphatic carbocycles. The lowest BCUT2D eigenvalue weighted by molar-refractivity contribution is -0.139. The van der Waals surface area contributed by atoms with Gasteiger partial charge in [0.15, 0.2) is 0 Å². The Bertz CT molecular complexity index is 389. The van der Waals surface area contributed by atoms with E-state index in [0.717, 1.165) is 22.7 Å². The standard InChI is InChI=1S/C11H14ClNO2S/c1-7(8-4-10(12)16-6-8)13(5-11(14)15)9-2-3-9/h4,6-7,9H,2-3,5H2,1H3,(H,14,15). The molecule has 0 radical (unpaired) electrons. The fourth-order valence-electron chi connectivity index (χ4n) is 1.88. The minimum absolute atomic E-state index is 0.110. The van der Waals surface area contributed by atoms with E-state index in [-0.39, 0.29) is 12.6 Å². The van der Waals surface area contributed by atoms with Gasteiger partial charge >= 0.3 is 5.97 Å². The maximum Gasteiger partial charge on any atom is 0.317 e. The van der Waals surface area contributed by atoms with Crippen LogP contribution in [0.4, 0.5) is 0 Å². The van der Waals surface area contributed by atoms with E-state index in [4.69, 9.17) is 16.7 Å². The minimum Gasteiger partial charge on any atom is -0.480 e. The van der Waals surface area contributed by atoms with Crippen molar-refractivity contribution in [1.82, 2.24) is 4.90 Å².